The standard InChI is InChI=1S/C13H21NO/c1-5-11-9-12(15-10(3)4)7-8-13(11)14-6-2/h7-10,14H,5-6H2,1-4H3. The largest absolute Gasteiger partial charge is 0.491 e. The second-order valence-electron chi connectivity index (χ2n) is 3.87. The Morgan fingerprint density at radius 3 is 2.53 bits per heavy atom. The molecule has 0 unspecified atom stereocenters. The van der Waals surface area contributed by atoms with Crippen molar-refractivity contribution in [3.8, 4) is 5.75 Å². The molecule has 15 heavy (non-hydrogen) atoms. The van der Waals surface area contributed by atoms with E-state index in [-0.39, 0.29) is 6.10 Å². The Morgan fingerprint density at radius 2 is 2.00 bits per heavy atom. The average molecular weight is 207 g/mol. The van der Waals surface area contributed by atoms with Gasteiger partial charge >= 0.3 is 0 Å². The quantitative estimate of drug-likeness (QED) is 0.798. The molecule has 1 N–H and O–H groups in total. The molecule has 0 radical (unpaired) electrons. The van der Waals surface area contributed by atoms with Gasteiger partial charge in [0, 0.05) is 12.2 Å². The molecular formula is C13H21NO. The summed E-state index contributed by atoms with van der Waals surface area (Å²) in [4.78, 5) is 0. The highest BCUT2D eigenvalue weighted by Gasteiger charge is 2.03. The van der Waals surface area contributed by atoms with Crippen molar-refractivity contribution < 1.29 is 4.74 Å². The fraction of sp³-hybridized carbons (Fsp3) is 0.538. The zero-order chi connectivity index (χ0) is 11.3. The van der Waals surface area contributed by atoms with Crippen LogP contribution in [-0.2, 0) is 6.42 Å². The van der Waals surface area contributed by atoms with Crippen LogP contribution in [0.5, 0.6) is 5.75 Å². The molecule has 2 nitrogen and oxygen atoms in total. The van der Waals surface area contributed by atoms with Gasteiger partial charge < -0.3 is 10.1 Å². The third-order valence-corrected chi connectivity index (χ3v) is 2.20. The molecule has 0 fully saturated rings. The molecule has 0 bridgehead atoms. The van der Waals surface area contributed by atoms with E-state index in [1.165, 1.54) is 11.3 Å². The molecule has 0 spiro atoms. The minimum absolute atomic E-state index is 0.236. The fourth-order valence-electron chi connectivity index (χ4n) is 1.57. The molecule has 2 heteroatoms. The van der Waals surface area contributed by atoms with E-state index >= 15 is 0 Å². The highest BCUT2D eigenvalue weighted by molar-refractivity contribution is 5.54. The summed E-state index contributed by atoms with van der Waals surface area (Å²) < 4.78 is 5.66. The Balaban J connectivity index is 2.86. The number of nitrogens with one attached hydrogen (secondary N) is 1. The van der Waals surface area contributed by atoms with E-state index in [0.717, 1.165) is 18.7 Å². The van der Waals surface area contributed by atoms with Crippen LogP contribution < -0.4 is 10.1 Å². The fourth-order valence-corrected chi connectivity index (χ4v) is 1.57. The number of ether oxygens (including phenoxy) is 1. The number of benzene rings is 1. The zero-order valence-corrected chi connectivity index (χ0v) is 10.1. The van der Waals surface area contributed by atoms with Crippen LogP contribution in [0.15, 0.2) is 18.2 Å². The third-order valence-electron chi connectivity index (χ3n) is 2.20. The molecule has 0 saturated carbocycles. The summed E-state index contributed by atoms with van der Waals surface area (Å²) in [5, 5.41) is 3.35. The van der Waals surface area contributed by atoms with Gasteiger partial charge in [-0.1, -0.05) is 6.92 Å². The lowest BCUT2D eigenvalue weighted by Crippen LogP contribution is -2.06. The SMILES string of the molecule is CCNc1ccc(OC(C)C)cc1CC. The first kappa shape index (κ1) is 11.9. The first-order valence-electron chi connectivity index (χ1n) is 5.70. The number of hydrogen-bond acceptors (Lipinski definition) is 2. The van der Waals surface area contributed by atoms with E-state index in [0.29, 0.717) is 0 Å². The molecule has 0 aliphatic heterocycles. The van der Waals surface area contributed by atoms with Crippen LogP contribution in [0.25, 0.3) is 0 Å². The Kier molecular flexibility index (Phi) is 4.47. The maximum Gasteiger partial charge on any atom is 0.120 e. The normalized spacial score (nSPS) is 10.5. The van der Waals surface area contributed by atoms with E-state index in [9.17, 15) is 0 Å². The minimum Gasteiger partial charge on any atom is -0.491 e. The third kappa shape index (κ3) is 3.46. The van der Waals surface area contributed by atoms with Crippen LogP contribution in [0.1, 0.15) is 33.3 Å². The lowest BCUT2D eigenvalue weighted by molar-refractivity contribution is 0.242. The van der Waals surface area contributed by atoms with E-state index in [4.69, 9.17) is 4.74 Å². The lowest BCUT2D eigenvalue weighted by Gasteiger charge is -2.14. The molecule has 84 valence electrons. The Morgan fingerprint density at radius 1 is 1.27 bits per heavy atom. The summed E-state index contributed by atoms with van der Waals surface area (Å²) in [7, 11) is 0. The van der Waals surface area contributed by atoms with Crippen LogP contribution in [0.3, 0.4) is 0 Å². The van der Waals surface area contributed by atoms with Crippen LogP contribution in [0, 0.1) is 0 Å². The highest BCUT2D eigenvalue weighted by Crippen LogP contribution is 2.23. The van der Waals surface area contributed by atoms with Gasteiger partial charge in [0.1, 0.15) is 5.75 Å². The van der Waals surface area contributed by atoms with Gasteiger partial charge in [-0.15, -0.1) is 0 Å². The Labute approximate surface area is 92.6 Å². The zero-order valence-electron chi connectivity index (χ0n) is 10.1. The van der Waals surface area contributed by atoms with Crippen molar-refractivity contribution in [2.24, 2.45) is 0 Å². The maximum absolute atomic E-state index is 5.66. The van der Waals surface area contributed by atoms with E-state index in [1.54, 1.807) is 0 Å². The average Bonchev–Trinajstić information content (AvgIpc) is 2.20. The monoisotopic (exact) mass is 207 g/mol. The molecule has 1 aromatic rings. The summed E-state index contributed by atoms with van der Waals surface area (Å²) in [5.41, 5.74) is 2.53. The number of aryl methyl sites for hydroxylation is 1. The molecular weight excluding hydrogens is 186 g/mol. The van der Waals surface area contributed by atoms with Crippen LogP contribution in [-0.4, -0.2) is 12.6 Å². The molecule has 0 atom stereocenters. The summed E-state index contributed by atoms with van der Waals surface area (Å²) in [5.74, 6) is 0.962. The van der Waals surface area contributed by atoms with E-state index in [2.05, 4.69) is 31.3 Å². The molecule has 0 aliphatic carbocycles. The van der Waals surface area contributed by atoms with Crippen LogP contribution in [0.4, 0.5) is 5.69 Å². The second kappa shape index (κ2) is 5.64. The summed E-state index contributed by atoms with van der Waals surface area (Å²) in [6.07, 6.45) is 1.26. The van der Waals surface area contributed by atoms with E-state index in [1.807, 2.05) is 19.9 Å². The predicted octanol–water partition coefficient (Wildman–Crippen LogP) is 3.47. The molecule has 0 aliphatic rings. The van der Waals surface area contributed by atoms with Crippen molar-refractivity contribution in [1.82, 2.24) is 0 Å². The Hall–Kier alpha value is -1.18. The van der Waals surface area contributed by atoms with Gasteiger partial charge in [-0.3, -0.25) is 0 Å². The number of rotatable bonds is 5. The van der Waals surface area contributed by atoms with Gasteiger partial charge in [0.15, 0.2) is 0 Å². The molecule has 0 amide bonds. The second-order valence-corrected chi connectivity index (χ2v) is 3.87. The first-order valence-corrected chi connectivity index (χ1v) is 5.70. The van der Waals surface area contributed by atoms with Gasteiger partial charge in [-0.05, 0) is 51.0 Å². The van der Waals surface area contributed by atoms with Gasteiger partial charge in [-0.2, -0.15) is 0 Å². The molecule has 1 aromatic carbocycles. The Bertz CT molecular complexity index is 307. The predicted molar refractivity (Wildman–Crippen MR) is 65.7 cm³/mol. The van der Waals surface area contributed by atoms with Gasteiger partial charge in [-0.25, -0.2) is 0 Å². The van der Waals surface area contributed by atoms with Crippen molar-refractivity contribution in [3.05, 3.63) is 23.8 Å². The lowest BCUT2D eigenvalue weighted by atomic mass is 10.1. The van der Waals surface area contributed by atoms with Gasteiger partial charge in [0.25, 0.3) is 0 Å². The van der Waals surface area contributed by atoms with Crippen molar-refractivity contribution in [2.75, 3.05) is 11.9 Å². The van der Waals surface area contributed by atoms with Crippen molar-refractivity contribution in [2.45, 2.75) is 40.2 Å². The summed E-state index contributed by atoms with van der Waals surface area (Å²) in [6.45, 7) is 9.32. The summed E-state index contributed by atoms with van der Waals surface area (Å²) >= 11 is 0. The molecule has 0 heterocycles. The minimum atomic E-state index is 0.236. The van der Waals surface area contributed by atoms with Crippen molar-refractivity contribution in [3.63, 3.8) is 0 Å². The van der Waals surface area contributed by atoms with Crippen LogP contribution >= 0.6 is 0 Å². The highest BCUT2D eigenvalue weighted by atomic mass is 16.5. The summed E-state index contributed by atoms with van der Waals surface area (Å²) in [6, 6.07) is 6.25. The van der Waals surface area contributed by atoms with Gasteiger partial charge in [0.2, 0.25) is 0 Å². The first-order chi connectivity index (χ1) is 7.17. The van der Waals surface area contributed by atoms with Gasteiger partial charge in [0.05, 0.1) is 6.10 Å². The molecule has 0 aromatic heterocycles. The number of hydrogen-bond donors (Lipinski definition) is 1. The molecule has 0 saturated heterocycles. The van der Waals surface area contributed by atoms with E-state index < -0.39 is 0 Å². The molecule has 1 rings (SSSR count). The van der Waals surface area contributed by atoms with Crippen molar-refractivity contribution in [1.29, 1.82) is 0 Å². The smallest absolute Gasteiger partial charge is 0.120 e. The van der Waals surface area contributed by atoms with Crippen molar-refractivity contribution >= 4 is 5.69 Å². The number of anilines is 1. The van der Waals surface area contributed by atoms with Crippen LogP contribution in [0.2, 0.25) is 0 Å². The maximum atomic E-state index is 5.66. The topological polar surface area (TPSA) is 21.3 Å².